The van der Waals surface area contributed by atoms with E-state index in [-0.39, 0.29) is 53.8 Å². The number of aryl methyl sites for hydroxylation is 2. The van der Waals surface area contributed by atoms with Gasteiger partial charge in [-0.05, 0) is 73.6 Å². The van der Waals surface area contributed by atoms with Crippen molar-refractivity contribution < 1.29 is 44.7 Å². The van der Waals surface area contributed by atoms with E-state index in [0.717, 1.165) is 33.9 Å². The molecular weight excluding hydrogens is 833 g/mol. The van der Waals surface area contributed by atoms with E-state index in [0.29, 0.717) is 32.9 Å². The molecule has 0 bridgehead atoms. The van der Waals surface area contributed by atoms with E-state index < -0.39 is 77.5 Å². The summed E-state index contributed by atoms with van der Waals surface area (Å²) in [5.74, 6) is -3.14. The first-order chi connectivity index (χ1) is 29.1. The third-order valence-corrected chi connectivity index (χ3v) is 11.5. The second-order valence-electron chi connectivity index (χ2n) is 16.5. The second kappa shape index (κ2) is 15.2. The van der Waals surface area contributed by atoms with Crippen molar-refractivity contribution in [2.75, 3.05) is 6.54 Å². The summed E-state index contributed by atoms with van der Waals surface area (Å²) in [4.78, 5) is 46.5. The molecule has 3 atom stereocenters. The fraction of sp³-hybridized carbons (Fsp3) is 0.390. The summed E-state index contributed by atoms with van der Waals surface area (Å²) < 4.78 is 117. The van der Waals surface area contributed by atoms with Crippen molar-refractivity contribution in [2.24, 2.45) is 19.5 Å². The largest absolute Gasteiger partial charge is 0.435 e. The van der Waals surface area contributed by atoms with Gasteiger partial charge in [0, 0.05) is 73.9 Å². The van der Waals surface area contributed by atoms with E-state index in [4.69, 9.17) is 0 Å². The predicted octanol–water partition coefficient (Wildman–Crippen LogP) is 6.80. The van der Waals surface area contributed by atoms with Crippen LogP contribution in [0.4, 0.5) is 35.1 Å². The molecule has 6 aromatic rings. The van der Waals surface area contributed by atoms with E-state index in [9.17, 15) is 49.5 Å². The number of aromatic nitrogens is 8. The number of fused-ring (bicyclic) bond motifs is 1. The Labute approximate surface area is 346 Å². The highest BCUT2D eigenvalue weighted by Gasteiger charge is 2.66. The number of nitrogens with zero attached hydrogens (tertiary/aromatic N) is 9. The molecule has 6 heterocycles. The zero-order valence-corrected chi connectivity index (χ0v) is 33.5. The van der Waals surface area contributed by atoms with Gasteiger partial charge >= 0.3 is 12.7 Å². The number of nitrogens with one attached hydrogen (secondary N) is 1. The number of likely N-dealkylation sites (tertiary alicyclic amines) is 1. The van der Waals surface area contributed by atoms with Gasteiger partial charge < -0.3 is 14.8 Å². The molecule has 1 N–H and O–H groups in total. The van der Waals surface area contributed by atoms with Crippen molar-refractivity contribution in [1.82, 2.24) is 49.1 Å². The zero-order valence-electron chi connectivity index (χ0n) is 33.5. The predicted molar refractivity (Wildman–Crippen MR) is 206 cm³/mol. The first-order valence-corrected chi connectivity index (χ1v) is 19.3. The Kier molecular flexibility index (Phi) is 10.4. The minimum atomic E-state index is -4.92. The molecule has 1 spiro atoms. The van der Waals surface area contributed by atoms with Crippen LogP contribution >= 0.6 is 0 Å². The number of rotatable bonds is 12. The minimum absolute atomic E-state index is 0.00621. The average molecular weight is 871 g/mol. The van der Waals surface area contributed by atoms with Crippen LogP contribution in [-0.4, -0.2) is 73.7 Å². The van der Waals surface area contributed by atoms with Crippen molar-refractivity contribution in [3.8, 4) is 22.4 Å². The van der Waals surface area contributed by atoms with Crippen LogP contribution in [0.5, 0.6) is 0 Å². The molecule has 2 amide bonds. The van der Waals surface area contributed by atoms with Gasteiger partial charge in [0.25, 0.3) is 12.0 Å². The highest BCUT2D eigenvalue weighted by Crippen LogP contribution is 2.66. The lowest BCUT2D eigenvalue weighted by Gasteiger charge is -2.33. The lowest BCUT2D eigenvalue weighted by atomic mass is 9.92. The number of hydrogen-bond acceptors (Lipinski definition) is 7. The van der Waals surface area contributed by atoms with Gasteiger partial charge in [0.05, 0.1) is 29.4 Å². The second-order valence-corrected chi connectivity index (χ2v) is 16.5. The van der Waals surface area contributed by atoms with Gasteiger partial charge in [-0.25, -0.2) is 22.8 Å². The molecule has 1 aliphatic carbocycles. The molecule has 326 valence electrons. The van der Waals surface area contributed by atoms with Crippen LogP contribution in [0, 0.1) is 11.2 Å². The smallest absolute Gasteiger partial charge is 0.348 e. The van der Waals surface area contributed by atoms with Gasteiger partial charge in [0.2, 0.25) is 11.8 Å². The van der Waals surface area contributed by atoms with Crippen LogP contribution in [0.15, 0.2) is 72.2 Å². The maximum absolute atomic E-state index is 14.8. The van der Waals surface area contributed by atoms with Crippen LogP contribution in [-0.2, 0) is 42.8 Å². The minimum Gasteiger partial charge on any atom is -0.348 e. The average Bonchev–Trinajstić information content (AvgIpc) is 3.61. The fourth-order valence-electron chi connectivity index (χ4n) is 8.50. The molecule has 13 nitrogen and oxygen atoms in total. The standard InChI is InChI=1S/C41H38F8N10O3/c1-39(2,20-59-30(13-32(53-59)41(47,48)49)24-12-29(42)36(61)55(3)18-24)52-35(60)31(9-21-15-51-58(17-21)38(45)46)57-8-7-40(37(57)62)14-28(40)26-6-5-22(11-27(26)33(43)44)23-10-25-19-56(4)54-34(25)50-16-23/h5-6,10-13,15-19,28,31,33,38H,7-9,14,20H2,1-4H3,(H,52,60)/t28?,31-,40?/m1/s1. The third-order valence-electron chi connectivity index (χ3n) is 11.5. The summed E-state index contributed by atoms with van der Waals surface area (Å²) in [5, 5.41) is 15.1. The third kappa shape index (κ3) is 7.83. The number of amides is 2. The number of pyridine rings is 2. The lowest BCUT2D eigenvalue weighted by Crippen LogP contribution is -2.56. The number of halogens is 8. The van der Waals surface area contributed by atoms with Crippen molar-refractivity contribution in [2.45, 2.75) is 76.3 Å². The Hall–Kier alpha value is -6.41. The normalized spacial score (nSPS) is 18.5. The number of hydrogen-bond donors (Lipinski definition) is 1. The van der Waals surface area contributed by atoms with Crippen LogP contribution in [0.3, 0.4) is 0 Å². The topological polar surface area (TPSA) is 138 Å². The highest BCUT2D eigenvalue weighted by molar-refractivity contribution is 5.95. The van der Waals surface area contributed by atoms with Gasteiger partial charge in [-0.1, -0.05) is 12.1 Å². The van der Waals surface area contributed by atoms with Crippen molar-refractivity contribution >= 4 is 22.8 Å². The lowest BCUT2D eigenvalue weighted by molar-refractivity contribution is -0.141. The molecule has 1 saturated carbocycles. The molecule has 2 unspecified atom stereocenters. The maximum atomic E-state index is 14.8. The van der Waals surface area contributed by atoms with E-state index >= 15 is 0 Å². The van der Waals surface area contributed by atoms with Crippen LogP contribution in [0.2, 0.25) is 0 Å². The molecule has 1 saturated heterocycles. The molecule has 5 aromatic heterocycles. The molecular formula is C41H38F8N10O3. The summed E-state index contributed by atoms with van der Waals surface area (Å²) in [6, 6.07) is 6.51. The fourth-order valence-corrected chi connectivity index (χ4v) is 8.50. The van der Waals surface area contributed by atoms with Crippen molar-refractivity contribution in [3.63, 3.8) is 0 Å². The molecule has 8 rings (SSSR count). The van der Waals surface area contributed by atoms with E-state index in [1.165, 1.54) is 38.1 Å². The van der Waals surface area contributed by atoms with Crippen LogP contribution in [0.25, 0.3) is 33.4 Å². The molecule has 2 fully saturated rings. The monoisotopic (exact) mass is 870 g/mol. The van der Waals surface area contributed by atoms with Crippen LogP contribution < -0.4 is 10.9 Å². The summed E-state index contributed by atoms with van der Waals surface area (Å²) in [7, 11) is 2.96. The van der Waals surface area contributed by atoms with Crippen molar-refractivity contribution in [1.29, 1.82) is 0 Å². The number of benzene rings is 1. The molecule has 1 aliphatic heterocycles. The van der Waals surface area contributed by atoms with Gasteiger partial charge in [-0.3, -0.25) is 23.7 Å². The van der Waals surface area contributed by atoms with E-state index in [1.54, 1.807) is 36.1 Å². The zero-order chi connectivity index (χ0) is 44.6. The van der Waals surface area contributed by atoms with E-state index in [2.05, 4.69) is 25.6 Å². The molecule has 62 heavy (non-hydrogen) atoms. The molecule has 2 aliphatic rings. The molecule has 0 radical (unpaired) electrons. The Bertz CT molecular complexity index is 2760. The van der Waals surface area contributed by atoms with E-state index in [1.807, 2.05) is 0 Å². The first kappa shape index (κ1) is 42.3. The van der Waals surface area contributed by atoms with Gasteiger partial charge in [0.15, 0.2) is 17.2 Å². The quantitative estimate of drug-likeness (QED) is 0.134. The molecule has 21 heteroatoms. The van der Waals surface area contributed by atoms with Gasteiger partial charge in [-0.15, -0.1) is 0 Å². The van der Waals surface area contributed by atoms with Gasteiger partial charge in [-0.2, -0.15) is 37.2 Å². The summed E-state index contributed by atoms with van der Waals surface area (Å²) in [5.41, 5.74) is -3.47. The Morgan fingerprint density at radius 3 is 2.39 bits per heavy atom. The summed E-state index contributed by atoms with van der Waals surface area (Å²) in [6.45, 7) is -0.479. The maximum Gasteiger partial charge on any atom is 0.435 e. The molecule has 1 aromatic carbocycles. The van der Waals surface area contributed by atoms with Gasteiger partial charge in [0.1, 0.15) is 6.04 Å². The van der Waals surface area contributed by atoms with Crippen molar-refractivity contribution in [3.05, 3.63) is 106 Å². The summed E-state index contributed by atoms with van der Waals surface area (Å²) >= 11 is 0. The SMILES string of the molecule is Cn1cc2cc(-c3ccc(C4CC45CCN([C@H](Cc4cnn(C(F)F)c4)C(=O)NC(C)(C)Cn4nc(C(F)(F)F)cc4-c4cc(F)c(=O)n(C)c4)C5=O)c(C(F)F)c3)cnc2n1. The number of carbonyl (C=O) groups is 2. The Morgan fingerprint density at radius 1 is 0.952 bits per heavy atom. The first-order valence-electron chi connectivity index (χ1n) is 19.3. The number of carbonyl (C=O) groups excluding carboxylic acids is 2. The Balaban J connectivity index is 1.07. The highest BCUT2D eigenvalue weighted by atomic mass is 19.4. The number of alkyl halides is 7. The Morgan fingerprint density at radius 2 is 1.71 bits per heavy atom. The van der Waals surface area contributed by atoms with Crippen LogP contribution in [0.1, 0.15) is 68.0 Å². The summed E-state index contributed by atoms with van der Waals surface area (Å²) in [6.07, 6.45) is -1.14.